The van der Waals surface area contributed by atoms with Gasteiger partial charge in [-0.3, -0.25) is 0 Å². The predicted octanol–water partition coefficient (Wildman–Crippen LogP) is 2.38. The molecule has 7 heteroatoms. The van der Waals surface area contributed by atoms with Crippen LogP contribution in [-0.4, -0.2) is 39.0 Å². The van der Waals surface area contributed by atoms with Gasteiger partial charge in [-0.25, -0.2) is 14.5 Å². The Kier molecular flexibility index (Phi) is 4.17. The molecular formula is C18H23N5O2. The fraction of sp³-hybridized carbons (Fsp3) is 0.500. The van der Waals surface area contributed by atoms with Gasteiger partial charge in [-0.05, 0) is 50.8 Å². The SMILES string of the molecule is Cc1nc(C)n(Cc2cccc(NC(=O)N[C@@H]3C[C@H]4CC[C@H]3O4)c2)n1. The molecule has 2 saturated heterocycles. The van der Waals surface area contributed by atoms with Gasteiger partial charge in [0.25, 0.3) is 0 Å². The van der Waals surface area contributed by atoms with Crippen LogP contribution < -0.4 is 10.6 Å². The lowest BCUT2D eigenvalue weighted by molar-refractivity contribution is 0.0984. The number of ether oxygens (including phenoxy) is 1. The van der Waals surface area contributed by atoms with Crippen LogP contribution in [0.25, 0.3) is 0 Å². The number of aromatic nitrogens is 3. The molecule has 2 aromatic rings. The molecule has 0 radical (unpaired) electrons. The maximum atomic E-state index is 12.3. The van der Waals surface area contributed by atoms with E-state index < -0.39 is 0 Å². The summed E-state index contributed by atoms with van der Waals surface area (Å²) < 4.78 is 7.64. The summed E-state index contributed by atoms with van der Waals surface area (Å²) >= 11 is 0. The third-order valence-electron chi connectivity index (χ3n) is 4.90. The van der Waals surface area contributed by atoms with Crippen LogP contribution in [0, 0.1) is 13.8 Å². The van der Waals surface area contributed by atoms with Gasteiger partial charge in [-0.1, -0.05) is 12.1 Å². The van der Waals surface area contributed by atoms with Gasteiger partial charge >= 0.3 is 6.03 Å². The minimum Gasteiger partial charge on any atom is -0.373 e. The van der Waals surface area contributed by atoms with Crippen molar-refractivity contribution in [2.24, 2.45) is 0 Å². The molecule has 4 rings (SSSR count). The summed E-state index contributed by atoms with van der Waals surface area (Å²) in [6.45, 7) is 4.45. The average molecular weight is 341 g/mol. The normalized spacial score (nSPS) is 24.5. The van der Waals surface area contributed by atoms with Crippen molar-refractivity contribution in [1.29, 1.82) is 0 Å². The van der Waals surface area contributed by atoms with Crippen LogP contribution >= 0.6 is 0 Å². The van der Waals surface area contributed by atoms with Crippen molar-refractivity contribution < 1.29 is 9.53 Å². The van der Waals surface area contributed by atoms with Crippen LogP contribution in [0.4, 0.5) is 10.5 Å². The highest BCUT2D eigenvalue weighted by molar-refractivity contribution is 5.89. The molecular weight excluding hydrogens is 318 g/mol. The van der Waals surface area contributed by atoms with E-state index in [4.69, 9.17) is 4.74 Å². The first-order valence-corrected chi connectivity index (χ1v) is 8.77. The van der Waals surface area contributed by atoms with Crippen molar-refractivity contribution >= 4 is 11.7 Å². The molecule has 25 heavy (non-hydrogen) atoms. The number of amides is 2. The van der Waals surface area contributed by atoms with Crippen LogP contribution in [0.3, 0.4) is 0 Å². The molecule has 2 aliphatic heterocycles. The van der Waals surface area contributed by atoms with Gasteiger partial charge in [0.1, 0.15) is 11.6 Å². The number of aryl methyl sites for hydroxylation is 2. The maximum absolute atomic E-state index is 12.3. The summed E-state index contributed by atoms with van der Waals surface area (Å²) in [7, 11) is 0. The van der Waals surface area contributed by atoms with Crippen molar-refractivity contribution in [3.63, 3.8) is 0 Å². The van der Waals surface area contributed by atoms with E-state index in [1.165, 1.54) is 0 Å². The van der Waals surface area contributed by atoms with Crippen molar-refractivity contribution in [2.45, 2.75) is 57.9 Å². The minimum absolute atomic E-state index is 0.128. The topological polar surface area (TPSA) is 81.1 Å². The number of nitrogens with zero attached hydrogens (tertiary/aromatic N) is 3. The maximum Gasteiger partial charge on any atom is 0.319 e. The Hall–Kier alpha value is -2.41. The van der Waals surface area contributed by atoms with Gasteiger partial charge in [0.05, 0.1) is 24.8 Å². The largest absolute Gasteiger partial charge is 0.373 e. The lowest BCUT2D eigenvalue weighted by Gasteiger charge is -2.20. The van der Waals surface area contributed by atoms with E-state index >= 15 is 0 Å². The zero-order valence-corrected chi connectivity index (χ0v) is 14.5. The molecule has 2 bridgehead atoms. The molecule has 2 fully saturated rings. The van der Waals surface area contributed by atoms with Crippen LogP contribution in [0.1, 0.15) is 36.5 Å². The minimum atomic E-state index is -0.175. The van der Waals surface area contributed by atoms with E-state index in [1.54, 1.807) is 0 Å². The number of carbonyl (C=O) groups is 1. The second-order valence-corrected chi connectivity index (χ2v) is 6.88. The van der Waals surface area contributed by atoms with Crippen LogP contribution in [0.5, 0.6) is 0 Å². The number of urea groups is 1. The summed E-state index contributed by atoms with van der Waals surface area (Å²) in [6.07, 6.45) is 3.59. The number of hydrogen-bond donors (Lipinski definition) is 2. The first kappa shape index (κ1) is 16.1. The molecule has 1 aromatic carbocycles. The van der Waals surface area contributed by atoms with Crippen LogP contribution in [0.15, 0.2) is 24.3 Å². The first-order valence-electron chi connectivity index (χ1n) is 8.77. The molecule has 7 nitrogen and oxygen atoms in total. The number of fused-ring (bicyclic) bond motifs is 2. The van der Waals surface area contributed by atoms with Crippen molar-refractivity contribution in [1.82, 2.24) is 20.1 Å². The molecule has 1 aromatic heterocycles. The van der Waals surface area contributed by atoms with E-state index in [0.717, 1.165) is 42.2 Å². The fourth-order valence-electron chi connectivity index (χ4n) is 3.76. The third-order valence-corrected chi connectivity index (χ3v) is 4.90. The number of hydrogen-bond acceptors (Lipinski definition) is 4. The third kappa shape index (κ3) is 3.51. The molecule has 0 saturated carbocycles. The molecule has 0 spiro atoms. The Labute approximate surface area is 146 Å². The second kappa shape index (κ2) is 6.48. The average Bonchev–Trinajstić information content (AvgIpc) is 3.24. The Morgan fingerprint density at radius 1 is 1.36 bits per heavy atom. The van der Waals surface area contributed by atoms with Crippen LogP contribution in [0.2, 0.25) is 0 Å². The number of rotatable bonds is 4. The van der Waals surface area contributed by atoms with E-state index in [-0.39, 0.29) is 18.2 Å². The zero-order valence-electron chi connectivity index (χ0n) is 14.5. The molecule has 2 N–H and O–H groups in total. The molecule has 2 aliphatic rings. The lowest BCUT2D eigenvalue weighted by atomic mass is 9.96. The van der Waals surface area contributed by atoms with Gasteiger partial charge in [-0.15, -0.1) is 0 Å². The summed E-state index contributed by atoms with van der Waals surface area (Å²) in [4.78, 5) is 16.6. The quantitative estimate of drug-likeness (QED) is 0.895. The highest BCUT2D eigenvalue weighted by Gasteiger charge is 2.41. The first-order chi connectivity index (χ1) is 12.1. The van der Waals surface area contributed by atoms with Crippen LogP contribution in [-0.2, 0) is 11.3 Å². The van der Waals surface area contributed by atoms with Crippen molar-refractivity contribution in [3.8, 4) is 0 Å². The summed E-state index contributed by atoms with van der Waals surface area (Å²) in [6, 6.07) is 7.76. The number of anilines is 1. The van der Waals surface area contributed by atoms with Gasteiger partial charge < -0.3 is 15.4 Å². The molecule has 3 heterocycles. The van der Waals surface area contributed by atoms with Gasteiger partial charge in [0.15, 0.2) is 0 Å². The van der Waals surface area contributed by atoms with E-state index in [0.29, 0.717) is 12.6 Å². The highest BCUT2D eigenvalue weighted by Crippen LogP contribution is 2.34. The molecule has 0 unspecified atom stereocenters. The number of carbonyl (C=O) groups excluding carboxylic acids is 1. The summed E-state index contributed by atoms with van der Waals surface area (Å²) in [5.41, 5.74) is 1.84. The molecule has 3 atom stereocenters. The molecule has 0 aliphatic carbocycles. The monoisotopic (exact) mass is 341 g/mol. The number of nitrogens with one attached hydrogen (secondary N) is 2. The van der Waals surface area contributed by atoms with Gasteiger partial charge in [0, 0.05) is 5.69 Å². The highest BCUT2D eigenvalue weighted by atomic mass is 16.5. The van der Waals surface area contributed by atoms with E-state index in [9.17, 15) is 4.79 Å². The Bertz CT molecular complexity index is 788. The Morgan fingerprint density at radius 3 is 2.92 bits per heavy atom. The predicted molar refractivity (Wildman–Crippen MR) is 93.5 cm³/mol. The smallest absolute Gasteiger partial charge is 0.319 e. The zero-order chi connectivity index (χ0) is 17.4. The fourth-order valence-corrected chi connectivity index (χ4v) is 3.76. The second-order valence-electron chi connectivity index (χ2n) is 6.88. The lowest BCUT2D eigenvalue weighted by Crippen LogP contribution is -2.43. The van der Waals surface area contributed by atoms with Gasteiger partial charge in [-0.2, -0.15) is 5.10 Å². The van der Waals surface area contributed by atoms with E-state index in [1.807, 2.05) is 42.8 Å². The number of benzene rings is 1. The van der Waals surface area contributed by atoms with Crippen molar-refractivity contribution in [3.05, 3.63) is 41.5 Å². The Morgan fingerprint density at radius 2 is 2.24 bits per heavy atom. The molecule has 2 amide bonds. The summed E-state index contributed by atoms with van der Waals surface area (Å²) in [5, 5.41) is 10.3. The standard InChI is InChI=1S/C18H23N5O2/c1-11-19-12(2)23(22-11)10-13-4-3-5-14(8-13)20-18(24)21-16-9-15-6-7-17(16)25-15/h3-5,8,15-17H,6-7,9-10H2,1-2H3,(H2,20,21,24)/t15-,16-,17-/m1/s1. The molecule has 132 valence electrons. The summed E-state index contributed by atoms with van der Waals surface area (Å²) in [5.74, 6) is 1.64. The van der Waals surface area contributed by atoms with Gasteiger partial charge in [0.2, 0.25) is 0 Å². The van der Waals surface area contributed by atoms with E-state index in [2.05, 4.69) is 20.7 Å². The van der Waals surface area contributed by atoms with Crippen molar-refractivity contribution in [2.75, 3.05) is 5.32 Å². The Balaban J connectivity index is 1.37.